The van der Waals surface area contributed by atoms with Crippen LogP contribution in [-0.2, 0) is 4.79 Å². The van der Waals surface area contributed by atoms with E-state index in [9.17, 15) is 9.90 Å². The van der Waals surface area contributed by atoms with Gasteiger partial charge in [0.05, 0.1) is 25.1 Å². The second kappa shape index (κ2) is 8.94. The highest BCUT2D eigenvalue weighted by atomic mass is 16.3. The molecular weight excluding hydrogens is 254 g/mol. The van der Waals surface area contributed by atoms with E-state index in [4.69, 9.17) is 5.26 Å². The number of benzene rings is 1. The highest BCUT2D eigenvalue weighted by molar-refractivity contribution is 5.81. The summed E-state index contributed by atoms with van der Waals surface area (Å²) in [4.78, 5) is 13.7. The fourth-order valence-corrected chi connectivity index (χ4v) is 1.77. The molecule has 1 atom stereocenters. The second-order valence-electron chi connectivity index (χ2n) is 4.54. The van der Waals surface area contributed by atoms with Crippen molar-refractivity contribution in [2.45, 2.75) is 25.9 Å². The van der Waals surface area contributed by atoms with Crippen LogP contribution in [0.15, 0.2) is 30.3 Å². The van der Waals surface area contributed by atoms with E-state index in [-0.39, 0.29) is 12.5 Å². The van der Waals surface area contributed by atoms with Crippen molar-refractivity contribution in [2.75, 3.05) is 24.5 Å². The smallest absolute Gasteiger partial charge is 0.239 e. The number of nitrogens with one attached hydrogen (secondary N) is 1. The van der Waals surface area contributed by atoms with Crippen LogP contribution in [0.1, 0.15) is 19.8 Å². The first-order valence-corrected chi connectivity index (χ1v) is 6.79. The van der Waals surface area contributed by atoms with Crippen LogP contribution >= 0.6 is 0 Å². The Morgan fingerprint density at radius 2 is 2.15 bits per heavy atom. The third-order valence-electron chi connectivity index (χ3n) is 2.92. The quantitative estimate of drug-likeness (QED) is 0.701. The molecule has 1 aromatic rings. The lowest BCUT2D eigenvalue weighted by atomic mass is 10.2. The largest absolute Gasteiger partial charge is 0.391 e. The Kier molecular flexibility index (Phi) is 7.15. The van der Waals surface area contributed by atoms with E-state index in [1.165, 1.54) is 0 Å². The zero-order valence-electron chi connectivity index (χ0n) is 11.7. The number of hydrogen-bond donors (Lipinski definition) is 2. The molecule has 0 aliphatic rings. The van der Waals surface area contributed by atoms with Gasteiger partial charge in [-0.25, -0.2) is 0 Å². The summed E-state index contributed by atoms with van der Waals surface area (Å²) in [6.07, 6.45) is 0.468. The normalized spacial score (nSPS) is 11.4. The van der Waals surface area contributed by atoms with E-state index >= 15 is 0 Å². The van der Waals surface area contributed by atoms with Crippen LogP contribution in [-0.4, -0.2) is 36.8 Å². The number of amides is 1. The van der Waals surface area contributed by atoms with Gasteiger partial charge in [-0.3, -0.25) is 4.79 Å². The minimum Gasteiger partial charge on any atom is -0.391 e. The summed E-state index contributed by atoms with van der Waals surface area (Å²) in [5, 5.41) is 20.9. The van der Waals surface area contributed by atoms with E-state index in [1.807, 2.05) is 48.2 Å². The molecule has 108 valence electrons. The summed E-state index contributed by atoms with van der Waals surface area (Å²) in [6.45, 7) is 2.84. The van der Waals surface area contributed by atoms with Gasteiger partial charge < -0.3 is 15.3 Å². The van der Waals surface area contributed by atoms with Crippen LogP contribution in [0, 0.1) is 11.3 Å². The predicted molar refractivity (Wildman–Crippen MR) is 78.2 cm³/mol. The number of nitriles is 1. The molecule has 0 aromatic heterocycles. The first-order valence-electron chi connectivity index (χ1n) is 6.79. The fraction of sp³-hybridized carbons (Fsp3) is 0.467. The maximum absolute atomic E-state index is 11.8. The number of anilines is 1. The SMILES string of the molecule is CC[C@@H](O)CN(CC(=O)NCCC#N)c1ccccc1. The maximum atomic E-state index is 11.8. The molecule has 5 nitrogen and oxygen atoms in total. The van der Waals surface area contributed by atoms with Gasteiger partial charge in [-0.05, 0) is 18.6 Å². The van der Waals surface area contributed by atoms with Crippen LogP contribution in [0.3, 0.4) is 0 Å². The molecule has 0 aliphatic heterocycles. The van der Waals surface area contributed by atoms with Gasteiger partial charge in [-0.15, -0.1) is 0 Å². The van der Waals surface area contributed by atoms with E-state index < -0.39 is 6.10 Å². The molecule has 2 N–H and O–H groups in total. The zero-order valence-corrected chi connectivity index (χ0v) is 11.7. The Morgan fingerprint density at radius 3 is 2.75 bits per heavy atom. The molecule has 20 heavy (non-hydrogen) atoms. The number of hydrogen-bond acceptors (Lipinski definition) is 4. The number of carbonyl (C=O) groups is 1. The highest BCUT2D eigenvalue weighted by Gasteiger charge is 2.14. The van der Waals surface area contributed by atoms with Crippen molar-refractivity contribution in [3.05, 3.63) is 30.3 Å². The van der Waals surface area contributed by atoms with Crippen LogP contribution in [0.2, 0.25) is 0 Å². The molecule has 0 heterocycles. The van der Waals surface area contributed by atoms with Crippen LogP contribution in [0.4, 0.5) is 5.69 Å². The Labute approximate surface area is 119 Å². The number of nitrogens with zero attached hydrogens (tertiary/aromatic N) is 2. The summed E-state index contributed by atoms with van der Waals surface area (Å²) in [6, 6.07) is 11.5. The molecule has 1 rings (SSSR count). The van der Waals surface area contributed by atoms with Crippen molar-refractivity contribution >= 4 is 11.6 Å². The summed E-state index contributed by atoms with van der Waals surface area (Å²) < 4.78 is 0. The monoisotopic (exact) mass is 275 g/mol. The highest BCUT2D eigenvalue weighted by Crippen LogP contribution is 2.13. The number of rotatable bonds is 8. The molecule has 0 bridgehead atoms. The molecule has 0 saturated heterocycles. The van der Waals surface area contributed by atoms with Crippen molar-refractivity contribution in [1.29, 1.82) is 5.26 Å². The topological polar surface area (TPSA) is 76.4 Å². The number of para-hydroxylation sites is 1. The molecule has 0 saturated carbocycles. The number of carbonyl (C=O) groups excluding carboxylic acids is 1. The lowest BCUT2D eigenvalue weighted by Gasteiger charge is -2.26. The van der Waals surface area contributed by atoms with Gasteiger partial charge >= 0.3 is 0 Å². The Hall–Kier alpha value is -2.06. The molecule has 1 aromatic carbocycles. The first kappa shape index (κ1) is 16.0. The van der Waals surface area contributed by atoms with Gasteiger partial charge in [-0.2, -0.15) is 5.26 Å². The van der Waals surface area contributed by atoms with Gasteiger partial charge in [0.15, 0.2) is 0 Å². The van der Waals surface area contributed by atoms with Crippen molar-refractivity contribution in [1.82, 2.24) is 5.32 Å². The number of aliphatic hydroxyl groups is 1. The Morgan fingerprint density at radius 1 is 1.45 bits per heavy atom. The molecule has 5 heteroatoms. The summed E-state index contributed by atoms with van der Waals surface area (Å²) >= 11 is 0. The zero-order chi connectivity index (χ0) is 14.8. The molecular formula is C15H21N3O2. The Bertz CT molecular complexity index is 442. The van der Waals surface area contributed by atoms with Crippen molar-refractivity contribution < 1.29 is 9.90 Å². The average Bonchev–Trinajstić information content (AvgIpc) is 2.47. The maximum Gasteiger partial charge on any atom is 0.239 e. The van der Waals surface area contributed by atoms with E-state index in [1.54, 1.807) is 0 Å². The van der Waals surface area contributed by atoms with E-state index in [0.29, 0.717) is 25.9 Å². The van der Waals surface area contributed by atoms with Gasteiger partial charge in [0.25, 0.3) is 0 Å². The molecule has 0 spiro atoms. The summed E-state index contributed by atoms with van der Waals surface area (Å²) in [5.74, 6) is -0.146. The lowest BCUT2D eigenvalue weighted by molar-refractivity contribution is -0.119. The third kappa shape index (κ3) is 5.72. The lowest BCUT2D eigenvalue weighted by Crippen LogP contribution is -2.41. The van der Waals surface area contributed by atoms with Crippen LogP contribution in [0.5, 0.6) is 0 Å². The molecule has 0 unspecified atom stereocenters. The third-order valence-corrected chi connectivity index (χ3v) is 2.92. The van der Waals surface area contributed by atoms with Gasteiger partial charge in [-0.1, -0.05) is 25.1 Å². The molecule has 0 aliphatic carbocycles. The second-order valence-corrected chi connectivity index (χ2v) is 4.54. The molecule has 0 fully saturated rings. The van der Waals surface area contributed by atoms with Crippen LogP contribution in [0.25, 0.3) is 0 Å². The molecule has 0 radical (unpaired) electrons. The molecule has 1 amide bonds. The fourth-order valence-electron chi connectivity index (χ4n) is 1.77. The van der Waals surface area contributed by atoms with Gasteiger partial charge in [0, 0.05) is 18.8 Å². The minimum absolute atomic E-state index is 0.146. The van der Waals surface area contributed by atoms with Crippen LogP contribution < -0.4 is 10.2 Å². The number of aliphatic hydroxyl groups excluding tert-OH is 1. The Balaban J connectivity index is 2.64. The van der Waals surface area contributed by atoms with E-state index in [0.717, 1.165) is 5.69 Å². The first-order chi connectivity index (χ1) is 9.67. The van der Waals surface area contributed by atoms with Gasteiger partial charge in [0.1, 0.15) is 0 Å². The summed E-state index contributed by atoms with van der Waals surface area (Å²) in [7, 11) is 0. The summed E-state index contributed by atoms with van der Waals surface area (Å²) in [5.41, 5.74) is 0.899. The van der Waals surface area contributed by atoms with Crippen molar-refractivity contribution in [3.8, 4) is 6.07 Å². The van der Waals surface area contributed by atoms with Crippen molar-refractivity contribution in [2.24, 2.45) is 0 Å². The predicted octanol–water partition coefficient (Wildman–Crippen LogP) is 1.29. The van der Waals surface area contributed by atoms with Gasteiger partial charge in [0.2, 0.25) is 5.91 Å². The minimum atomic E-state index is -0.470. The standard InChI is InChI=1S/C15H21N3O2/c1-2-14(19)11-18(13-7-4-3-5-8-13)12-15(20)17-10-6-9-16/h3-5,7-8,14,19H,2,6,10-12H2,1H3,(H,17,20)/t14-/m1/s1. The van der Waals surface area contributed by atoms with Crippen molar-refractivity contribution in [3.63, 3.8) is 0 Å². The average molecular weight is 275 g/mol. The van der Waals surface area contributed by atoms with E-state index in [2.05, 4.69) is 5.32 Å².